The third kappa shape index (κ3) is 2.71. The van der Waals surface area contributed by atoms with Crippen molar-refractivity contribution in [3.05, 3.63) is 46.9 Å². The molecular weight excluding hydrogens is 238 g/mol. The molecule has 19 heavy (non-hydrogen) atoms. The minimum atomic E-state index is 0.0904. The summed E-state index contributed by atoms with van der Waals surface area (Å²) in [5.74, 6) is 1.80. The normalized spacial score (nSPS) is 11.9. The highest BCUT2D eigenvalue weighted by molar-refractivity contribution is 5.68. The summed E-state index contributed by atoms with van der Waals surface area (Å²) in [6, 6.07) is 9.42. The average Bonchev–Trinajstić information content (AvgIpc) is 2.71. The summed E-state index contributed by atoms with van der Waals surface area (Å²) in [5.41, 5.74) is 9.00. The number of nitrogens with zero attached hydrogens (tertiary/aromatic N) is 1. The summed E-state index contributed by atoms with van der Waals surface area (Å²) < 4.78 is 5.53. The summed E-state index contributed by atoms with van der Waals surface area (Å²) in [6.45, 7) is 5.93. The Morgan fingerprint density at radius 1 is 1.32 bits per heavy atom. The second-order valence-corrected chi connectivity index (χ2v) is 4.65. The standard InChI is InChI=1S/C15H17N3O/c1-9-6-13(11(3)19-9)10(2)18-15-5-4-12(8-16)7-14(15)17/h4-7,10,18H,17H2,1-3H3. The first kappa shape index (κ1) is 13.0. The van der Waals surface area contributed by atoms with Crippen LogP contribution in [0.2, 0.25) is 0 Å². The lowest BCUT2D eigenvalue weighted by Gasteiger charge is -2.16. The van der Waals surface area contributed by atoms with E-state index in [4.69, 9.17) is 15.4 Å². The van der Waals surface area contributed by atoms with Crippen LogP contribution in [-0.2, 0) is 0 Å². The predicted molar refractivity (Wildman–Crippen MR) is 75.8 cm³/mol. The second kappa shape index (κ2) is 5.07. The van der Waals surface area contributed by atoms with Crippen molar-refractivity contribution in [2.75, 3.05) is 11.1 Å². The Hall–Kier alpha value is -2.41. The number of furan rings is 1. The van der Waals surface area contributed by atoms with Gasteiger partial charge in [0.05, 0.1) is 29.0 Å². The molecular formula is C15H17N3O. The van der Waals surface area contributed by atoms with Crippen molar-refractivity contribution in [3.63, 3.8) is 0 Å². The minimum absolute atomic E-state index is 0.0904. The number of anilines is 2. The van der Waals surface area contributed by atoms with Crippen LogP contribution < -0.4 is 11.1 Å². The molecule has 1 atom stereocenters. The lowest BCUT2D eigenvalue weighted by Crippen LogP contribution is -2.08. The van der Waals surface area contributed by atoms with Gasteiger partial charge in [0, 0.05) is 5.56 Å². The highest BCUT2D eigenvalue weighted by Gasteiger charge is 2.13. The van der Waals surface area contributed by atoms with E-state index in [1.165, 1.54) is 0 Å². The van der Waals surface area contributed by atoms with Gasteiger partial charge in [0.1, 0.15) is 11.5 Å². The van der Waals surface area contributed by atoms with Gasteiger partial charge in [0.2, 0.25) is 0 Å². The van der Waals surface area contributed by atoms with Crippen LogP contribution in [0.4, 0.5) is 11.4 Å². The Bertz CT molecular complexity index is 637. The quantitative estimate of drug-likeness (QED) is 0.823. The van der Waals surface area contributed by atoms with Gasteiger partial charge >= 0.3 is 0 Å². The first-order valence-corrected chi connectivity index (χ1v) is 6.14. The van der Waals surface area contributed by atoms with Crippen LogP contribution in [0.5, 0.6) is 0 Å². The van der Waals surface area contributed by atoms with Gasteiger partial charge in [0.25, 0.3) is 0 Å². The zero-order valence-corrected chi connectivity index (χ0v) is 11.3. The molecule has 0 fully saturated rings. The van der Waals surface area contributed by atoms with Gasteiger partial charge in [-0.25, -0.2) is 0 Å². The lowest BCUT2D eigenvalue weighted by molar-refractivity contribution is 0.500. The van der Waals surface area contributed by atoms with Crippen molar-refractivity contribution in [3.8, 4) is 6.07 Å². The number of benzene rings is 1. The minimum Gasteiger partial charge on any atom is -0.466 e. The Kier molecular flexibility index (Phi) is 3.48. The zero-order chi connectivity index (χ0) is 14.0. The molecule has 1 aromatic heterocycles. The molecule has 0 saturated carbocycles. The Labute approximate surface area is 112 Å². The van der Waals surface area contributed by atoms with Gasteiger partial charge in [0.15, 0.2) is 0 Å². The van der Waals surface area contributed by atoms with E-state index in [1.807, 2.05) is 26.0 Å². The fourth-order valence-corrected chi connectivity index (χ4v) is 2.16. The fourth-order valence-electron chi connectivity index (χ4n) is 2.16. The summed E-state index contributed by atoms with van der Waals surface area (Å²) in [6.07, 6.45) is 0. The maximum absolute atomic E-state index is 8.81. The zero-order valence-electron chi connectivity index (χ0n) is 11.3. The van der Waals surface area contributed by atoms with Gasteiger partial charge in [-0.3, -0.25) is 0 Å². The third-order valence-electron chi connectivity index (χ3n) is 3.10. The number of aryl methyl sites for hydroxylation is 2. The number of rotatable bonds is 3. The topological polar surface area (TPSA) is 75.0 Å². The number of nitrogens with one attached hydrogen (secondary N) is 1. The maximum atomic E-state index is 8.81. The van der Waals surface area contributed by atoms with Gasteiger partial charge < -0.3 is 15.5 Å². The van der Waals surface area contributed by atoms with Crippen molar-refractivity contribution < 1.29 is 4.42 Å². The van der Waals surface area contributed by atoms with E-state index in [0.29, 0.717) is 11.3 Å². The molecule has 1 aromatic carbocycles. The van der Waals surface area contributed by atoms with Crippen molar-refractivity contribution in [2.24, 2.45) is 0 Å². The molecule has 0 saturated heterocycles. The number of nitrogen functional groups attached to an aromatic ring is 1. The summed E-state index contributed by atoms with van der Waals surface area (Å²) in [4.78, 5) is 0. The van der Waals surface area contributed by atoms with E-state index in [9.17, 15) is 0 Å². The van der Waals surface area contributed by atoms with E-state index in [0.717, 1.165) is 22.8 Å². The highest BCUT2D eigenvalue weighted by Crippen LogP contribution is 2.28. The molecule has 0 spiro atoms. The van der Waals surface area contributed by atoms with Crippen molar-refractivity contribution in [1.29, 1.82) is 5.26 Å². The average molecular weight is 255 g/mol. The van der Waals surface area contributed by atoms with Crippen LogP contribution in [-0.4, -0.2) is 0 Å². The monoisotopic (exact) mass is 255 g/mol. The number of hydrogen-bond acceptors (Lipinski definition) is 4. The summed E-state index contributed by atoms with van der Waals surface area (Å²) >= 11 is 0. The number of nitriles is 1. The van der Waals surface area contributed by atoms with Crippen LogP contribution in [0.1, 0.15) is 35.6 Å². The van der Waals surface area contributed by atoms with Crippen molar-refractivity contribution >= 4 is 11.4 Å². The molecule has 2 rings (SSSR count). The highest BCUT2D eigenvalue weighted by atomic mass is 16.3. The Morgan fingerprint density at radius 2 is 2.05 bits per heavy atom. The summed E-state index contributed by atoms with van der Waals surface area (Å²) in [7, 11) is 0. The number of hydrogen-bond donors (Lipinski definition) is 2. The first-order chi connectivity index (χ1) is 9.01. The van der Waals surface area contributed by atoms with Crippen LogP contribution >= 0.6 is 0 Å². The molecule has 0 aliphatic rings. The molecule has 98 valence electrons. The first-order valence-electron chi connectivity index (χ1n) is 6.14. The Morgan fingerprint density at radius 3 is 2.58 bits per heavy atom. The molecule has 0 aliphatic heterocycles. The van der Waals surface area contributed by atoms with Gasteiger partial charge in [-0.05, 0) is 45.0 Å². The molecule has 1 unspecified atom stereocenters. The molecule has 0 bridgehead atoms. The van der Waals surface area contributed by atoms with E-state index in [1.54, 1.807) is 12.1 Å². The molecule has 4 heteroatoms. The molecule has 1 heterocycles. The number of nitrogens with two attached hydrogens (primary N) is 1. The van der Waals surface area contributed by atoms with Crippen LogP contribution in [0.25, 0.3) is 0 Å². The van der Waals surface area contributed by atoms with Crippen LogP contribution in [0.15, 0.2) is 28.7 Å². The smallest absolute Gasteiger partial charge is 0.106 e. The van der Waals surface area contributed by atoms with E-state index in [-0.39, 0.29) is 6.04 Å². The van der Waals surface area contributed by atoms with Gasteiger partial charge in [-0.15, -0.1) is 0 Å². The Balaban J connectivity index is 2.22. The molecule has 4 nitrogen and oxygen atoms in total. The third-order valence-corrected chi connectivity index (χ3v) is 3.10. The predicted octanol–water partition coefficient (Wildman–Crippen LogP) is 3.52. The van der Waals surface area contributed by atoms with E-state index in [2.05, 4.69) is 18.3 Å². The molecule has 2 aromatic rings. The SMILES string of the molecule is Cc1cc(C(C)Nc2ccc(C#N)cc2N)c(C)o1. The molecule has 0 aliphatic carbocycles. The molecule has 0 amide bonds. The fraction of sp³-hybridized carbons (Fsp3) is 0.267. The van der Waals surface area contributed by atoms with Crippen molar-refractivity contribution in [2.45, 2.75) is 26.8 Å². The second-order valence-electron chi connectivity index (χ2n) is 4.65. The van der Waals surface area contributed by atoms with Crippen LogP contribution in [0.3, 0.4) is 0 Å². The van der Waals surface area contributed by atoms with Gasteiger partial charge in [-0.2, -0.15) is 5.26 Å². The largest absolute Gasteiger partial charge is 0.466 e. The summed E-state index contributed by atoms with van der Waals surface area (Å²) in [5, 5.41) is 12.2. The van der Waals surface area contributed by atoms with Crippen LogP contribution in [0, 0.1) is 25.2 Å². The van der Waals surface area contributed by atoms with Crippen molar-refractivity contribution in [1.82, 2.24) is 0 Å². The molecule has 3 N–H and O–H groups in total. The van der Waals surface area contributed by atoms with E-state index >= 15 is 0 Å². The lowest BCUT2D eigenvalue weighted by atomic mass is 10.1. The van der Waals surface area contributed by atoms with Gasteiger partial charge in [-0.1, -0.05) is 0 Å². The maximum Gasteiger partial charge on any atom is 0.106 e. The van der Waals surface area contributed by atoms with E-state index < -0.39 is 0 Å². The molecule has 0 radical (unpaired) electrons.